The van der Waals surface area contributed by atoms with Gasteiger partial charge < -0.3 is 10.0 Å². The SMILES string of the molecule is O=C(O)CC1CCC2(CC1)CCN(c1ccccc1)CC2. The van der Waals surface area contributed by atoms with Crippen LogP contribution < -0.4 is 4.90 Å². The van der Waals surface area contributed by atoms with Crippen LogP contribution in [-0.4, -0.2) is 24.2 Å². The second-order valence-electron chi connectivity index (χ2n) is 6.86. The van der Waals surface area contributed by atoms with Gasteiger partial charge in [0.25, 0.3) is 0 Å². The highest BCUT2D eigenvalue weighted by Crippen LogP contribution is 2.47. The first kappa shape index (κ1) is 14.4. The molecule has 1 saturated carbocycles. The van der Waals surface area contributed by atoms with Crippen LogP contribution in [0.4, 0.5) is 5.69 Å². The zero-order valence-corrected chi connectivity index (χ0v) is 12.6. The summed E-state index contributed by atoms with van der Waals surface area (Å²) >= 11 is 0. The molecule has 1 aliphatic heterocycles. The number of carboxylic acid groups (broad SMARTS) is 1. The average Bonchev–Trinajstić information content (AvgIpc) is 2.51. The molecular formula is C18H25NO2. The van der Waals surface area contributed by atoms with E-state index in [2.05, 4.69) is 35.2 Å². The van der Waals surface area contributed by atoms with Gasteiger partial charge in [0.05, 0.1) is 0 Å². The summed E-state index contributed by atoms with van der Waals surface area (Å²) in [7, 11) is 0. The average molecular weight is 287 g/mol. The molecule has 21 heavy (non-hydrogen) atoms. The molecule has 1 N–H and O–H groups in total. The summed E-state index contributed by atoms with van der Waals surface area (Å²) in [6.07, 6.45) is 7.58. The molecule has 1 aromatic carbocycles. The summed E-state index contributed by atoms with van der Waals surface area (Å²) < 4.78 is 0. The monoisotopic (exact) mass is 287 g/mol. The third kappa shape index (κ3) is 3.39. The van der Waals surface area contributed by atoms with Crippen molar-refractivity contribution in [2.45, 2.75) is 44.9 Å². The number of hydrogen-bond acceptors (Lipinski definition) is 2. The molecule has 2 fully saturated rings. The summed E-state index contributed by atoms with van der Waals surface area (Å²) in [5.74, 6) is -0.213. The van der Waals surface area contributed by atoms with Crippen molar-refractivity contribution in [1.82, 2.24) is 0 Å². The van der Waals surface area contributed by atoms with E-state index in [1.165, 1.54) is 31.4 Å². The predicted molar refractivity (Wildman–Crippen MR) is 84.5 cm³/mol. The highest BCUT2D eigenvalue weighted by Gasteiger charge is 2.38. The lowest BCUT2D eigenvalue weighted by Gasteiger charge is -2.46. The van der Waals surface area contributed by atoms with E-state index in [1.54, 1.807) is 0 Å². The zero-order valence-electron chi connectivity index (χ0n) is 12.6. The zero-order chi connectivity index (χ0) is 14.7. The molecular weight excluding hydrogens is 262 g/mol. The van der Waals surface area contributed by atoms with Gasteiger partial charge in [0.2, 0.25) is 0 Å². The number of nitrogens with zero attached hydrogens (tertiary/aromatic N) is 1. The Morgan fingerprint density at radius 2 is 1.71 bits per heavy atom. The first-order valence-electron chi connectivity index (χ1n) is 8.19. The molecule has 1 heterocycles. The number of anilines is 1. The molecule has 0 atom stereocenters. The quantitative estimate of drug-likeness (QED) is 0.915. The van der Waals surface area contributed by atoms with E-state index in [-0.39, 0.29) is 0 Å². The Bertz CT molecular complexity index is 467. The van der Waals surface area contributed by atoms with E-state index in [1.807, 2.05) is 0 Å². The van der Waals surface area contributed by atoms with E-state index in [9.17, 15) is 4.79 Å². The molecule has 3 rings (SSSR count). The van der Waals surface area contributed by atoms with Gasteiger partial charge in [-0.15, -0.1) is 0 Å². The molecule has 0 aromatic heterocycles. The van der Waals surface area contributed by atoms with Crippen molar-refractivity contribution in [3.05, 3.63) is 30.3 Å². The summed E-state index contributed by atoms with van der Waals surface area (Å²) in [6, 6.07) is 10.7. The molecule has 0 amide bonds. The number of piperidine rings is 1. The molecule has 3 heteroatoms. The van der Waals surface area contributed by atoms with Crippen LogP contribution in [0.5, 0.6) is 0 Å². The molecule has 0 radical (unpaired) electrons. The maximum atomic E-state index is 10.8. The minimum absolute atomic E-state index is 0.367. The lowest BCUT2D eigenvalue weighted by atomic mass is 9.65. The number of rotatable bonds is 3. The highest BCUT2D eigenvalue weighted by molar-refractivity contribution is 5.67. The Balaban J connectivity index is 1.53. The molecule has 3 nitrogen and oxygen atoms in total. The largest absolute Gasteiger partial charge is 0.481 e. The second-order valence-corrected chi connectivity index (χ2v) is 6.86. The van der Waals surface area contributed by atoms with Gasteiger partial charge in [-0.25, -0.2) is 0 Å². The number of para-hydroxylation sites is 1. The minimum Gasteiger partial charge on any atom is -0.481 e. The molecule has 1 spiro atoms. The topological polar surface area (TPSA) is 40.5 Å². The fourth-order valence-corrected chi connectivity index (χ4v) is 4.12. The van der Waals surface area contributed by atoms with E-state index >= 15 is 0 Å². The molecule has 1 saturated heterocycles. The summed E-state index contributed by atoms with van der Waals surface area (Å²) in [4.78, 5) is 13.3. The van der Waals surface area contributed by atoms with Crippen LogP contribution >= 0.6 is 0 Å². The third-order valence-corrected chi connectivity index (χ3v) is 5.57. The van der Waals surface area contributed by atoms with Crippen molar-refractivity contribution in [2.24, 2.45) is 11.3 Å². The van der Waals surface area contributed by atoms with Gasteiger partial charge in [-0.3, -0.25) is 4.79 Å². The second kappa shape index (κ2) is 6.08. The molecule has 114 valence electrons. The molecule has 2 aliphatic rings. The maximum Gasteiger partial charge on any atom is 0.303 e. The van der Waals surface area contributed by atoms with Crippen LogP contribution in [0, 0.1) is 11.3 Å². The van der Waals surface area contributed by atoms with Crippen LogP contribution in [0.2, 0.25) is 0 Å². The van der Waals surface area contributed by atoms with Crippen molar-refractivity contribution in [3.63, 3.8) is 0 Å². The smallest absolute Gasteiger partial charge is 0.303 e. The van der Waals surface area contributed by atoms with Gasteiger partial charge >= 0.3 is 5.97 Å². The number of carbonyl (C=O) groups is 1. The fraction of sp³-hybridized carbons (Fsp3) is 0.611. The molecule has 1 aromatic rings. The number of hydrogen-bond donors (Lipinski definition) is 1. The van der Waals surface area contributed by atoms with E-state index in [0.29, 0.717) is 17.8 Å². The Morgan fingerprint density at radius 1 is 1.10 bits per heavy atom. The number of carboxylic acids is 1. The first-order valence-corrected chi connectivity index (χ1v) is 8.19. The Hall–Kier alpha value is -1.51. The van der Waals surface area contributed by atoms with Crippen molar-refractivity contribution in [1.29, 1.82) is 0 Å². The van der Waals surface area contributed by atoms with Gasteiger partial charge in [-0.1, -0.05) is 18.2 Å². The van der Waals surface area contributed by atoms with E-state index < -0.39 is 5.97 Å². The lowest BCUT2D eigenvalue weighted by molar-refractivity contribution is -0.138. The van der Waals surface area contributed by atoms with Gasteiger partial charge in [0.15, 0.2) is 0 Å². The third-order valence-electron chi connectivity index (χ3n) is 5.57. The van der Waals surface area contributed by atoms with Crippen LogP contribution in [0.1, 0.15) is 44.9 Å². The predicted octanol–water partition coefficient (Wildman–Crippen LogP) is 3.94. The van der Waals surface area contributed by atoms with Crippen LogP contribution in [0.3, 0.4) is 0 Å². The van der Waals surface area contributed by atoms with Crippen molar-refractivity contribution >= 4 is 11.7 Å². The van der Waals surface area contributed by atoms with Crippen LogP contribution in [0.15, 0.2) is 30.3 Å². The minimum atomic E-state index is -0.630. The Kier molecular flexibility index (Phi) is 4.18. The summed E-state index contributed by atoms with van der Waals surface area (Å²) in [6.45, 7) is 2.29. The molecule has 1 aliphatic carbocycles. The molecule has 0 unspecified atom stereocenters. The maximum absolute atomic E-state index is 10.8. The van der Waals surface area contributed by atoms with E-state index in [0.717, 1.165) is 25.9 Å². The van der Waals surface area contributed by atoms with Crippen LogP contribution in [0.25, 0.3) is 0 Å². The Labute approximate surface area is 127 Å². The van der Waals surface area contributed by atoms with Crippen molar-refractivity contribution in [3.8, 4) is 0 Å². The standard InChI is InChI=1S/C18H25NO2/c20-17(21)14-15-6-8-18(9-7-15)10-12-19(13-11-18)16-4-2-1-3-5-16/h1-5,15H,6-14H2,(H,20,21). The summed E-state index contributed by atoms with van der Waals surface area (Å²) in [5, 5.41) is 8.92. The van der Waals surface area contributed by atoms with Crippen LogP contribution in [-0.2, 0) is 4.79 Å². The van der Waals surface area contributed by atoms with Gasteiger partial charge in [-0.05, 0) is 62.0 Å². The first-order chi connectivity index (χ1) is 10.2. The van der Waals surface area contributed by atoms with E-state index in [4.69, 9.17) is 5.11 Å². The lowest BCUT2D eigenvalue weighted by Crippen LogP contribution is -2.42. The normalized spacial score (nSPS) is 22.4. The highest BCUT2D eigenvalue weighted by atomic mass is 16.4. The van der Waals surface area contributed by atoms with Gasteiger partial charge in [0.1, 0.15) is 0 Å². The molecule has 0 bridgehead atoms. The number of benzene rings is 1. The van der Waals surface area contributed by atoms with Crippen molar-refractivity contribution < 1.29 is 9.90 Å². The van der Waals surface area contributed by atoms with Crippen molar-refractivity contribution in [2.75, 3.05) is 18.0 Å². The Morgan fingerprint density at radius 3 is 2.29 bits per heavy atom. The van der Waals surface area contributed by atoms with Gasteiger partial charge in [0, 0.05) is 25.2 Å². The summed E-state index contributed by atoms with van der Waals surface area (Å²) in [5.41, 5.74) is 1.84. The fourth-order valence-electron chi connectivity index (χ4n) is 4.12. The van der Waals surface area contributed by atoms with Gasteiger partial charge in [-0.2, -0.15) is 0 Å². The number of aliphatic carboxylic acids is 1.